The molecule has 0 radical (unpaired) electrons. The van der Waals surface area contributed by atoms with Crippen LogP contribution in [0.5, 0.6) is 17.2 Å². The lowest BCUT2D eigenvalue weighted by atomic mass is 9.99. The fourth-order valence-corrected chi connectivity index (χ4v) is 3.50. The number of ether oxygens (including phenoxy) is 3. The Morgan fingerprint density at radius 2 is 1.75 bits per heavy atom. The van der Waals surface area contributed by atoms with Crippen molar-refractivity contribution in [1.29, 1.82) is 0 Å². The van der Waals surface area contributed by atoms with E-state index in [4.69, 9.17) is 18.6 Å². The van der Waals surface area contributed by atoms with Gasteiger partial charge in [-0.15, -0.1) is 0 Å². The Morgan fingerprint density at radius 3 is 2.41 bits per heavy atom. The second-order valence-electron chi connectivity index (χ2n) is 7.34. The summed E-state index contributed by atoms with van der Waals surface area (Å²) in [6, 6.07) is 9.21. The van der Waals surface area contributed by atoms with Crippen LogP contribution in [0.15, 0.2) is 51.9 Å². The van der Waals surface area contributed by atoms with Crippen LogP contribution in [0.4, 0.5) is 0 Å². The van der Waals surface area contributed by atoms with Gasteiger partial charge in [-0.25, -0.2) is 0 Å². The maximum Gasteiger partial charge on any atom is 0.229 e. The molecule has 1 fully saturated rings. The van der Waals surface area contributed by atoms with Gasteiger partial charge in [-0.05, 0) is 23.8 Å². The maximum atomic E-state index is 13.0. The van der Waals surface area contributed by atoms with Crippen molar-refractivity contribution in [2.24, 2.45) is 0 Å². The number of benzene rings is 2. The smallest absolute Gasteiger partial charge is 0.229 e. The first kappa shape index (κ1) is 22.1. The zero-order valence-electron chi connectivity index (χ0n) is 16.9. The zero-order valence-corrected chi connectivity index (χ0v) is 16.9. The average Bonchev–Trinajstić information content (AvgIpc) is 2.80. The fraction of sp³-hybridized carbons (Fsp3) is 0.318. The van der Waals surface area contributed by atoms with Crippen molar-refractivity contribution in [2.45, 2.75) is 30.7 Å². The molecule has 0 amide bonds. The molecule has 2 heterocycles. The Bertz CT molecular complexity index is 1150. The monoisotopic (exact) mass is 446 g/mol. The number of fused-ring (bicyclic) bond motifs is 1. The fourth-order valence-electron chi connectivity index (χ4n) is 3.50. The van der Waals surface area contributed by atoms with Crippen molar-refractivity contribution in [3.63, 3.8) is 0 Å². The molecule has 2 aromatic carbocycles. The van der Waals surface area contributed by atoms with Crippen molar-refractivity contribution >= 4 is 11.0 Å². The number of aromatic hydroxyl groups is 1. The van der Waals surface area contributed by atoms with E-state index in [2.05, 4.69) is 0 Å². The molecule has 1 aliphatic heterocycles. The molecule has 4 rings (SSSR count). The number of phenols is 1. The highest BCUT2D eigenvalue weighted by atomic mass is 16.7. The molecule has 10 heteroatoms. The lowest BCUT2D eigenvalue weighted by Gasteiger charge is -2.39. The third-order valence-corrected chi connectivity index (χ3v) is 5.35. The number of hydrogen-bond acceptors (Lipinski definition) is 10. The predicted octanol–water partition coefficient (Wildman–Crippen LogP) is 0.353. The van der Waals surface area contributed by atoms with Crippen LogP contribution in [0, 0.1) is 0 Å². The van der Waals surface area contributed by atoms with E-state index in [1.807, 2.05) is 0 Å². The summed E-state index contributed by atoms with van der Waals surface area (Å²) in [4.78, 5) is 13.0. The van der Waals surface area contributed by atoms with Crippen LogP contribution in [0.1, 0.15) is 0 Å². The van der Waals surface area contributed by atoms with E-state index in [-0.39, 0.29) is 27.7 Å². The topological polar surface area (TPSA) is 159 Å². The SMILES string of the molecule is COc1ccc(-c2coc3cc(O[C@H]4O[C@@H](CO)[C@H](O)[C@@H](O)[C@@H]4O)c(O)cc3c2=O)cc1. The van der Waals surface area contributed by atoms with Gasteiger partial charge >= 0.3 is 0 Å². The van der Waals surface area contributed by atoms with Crippen LogP contribution in [0.3, 0.4) is 0 Å². The normalized spacial score (nSPS) is 25.6. The number of aliphatic hydroxyl groups is 4. The van der Waals surface area contributed by atoms with Gasteiger partial charge in [0.15, 0.2) is 11.5 Å². The molecule has 1 aliphatic rings. The van der Waals surface area contributed by atoms with Crippen molar-refractivity contribution < 1.29 is 44.2 Å². The van der Waals surface area contributed by atoms with Crippen molar-refractivity contribution in [3.05, 3.63) is 52.9 Å². The van der Waals surface area contributed by atoms with E-state index in [0.717, 1.165) is 6.07 Å². The van der Waals surface area contributed by atoms with Gasteiger partial charge in [0.25, 0.3) is 0 Å². The molecule has 0 aliphatic carbocycles. The number of phenolic OH excluding ortho intramolecular Hbond substituents is 1. The third kappa shape index (κ3) is 3.90. The lowest BCUT2D eigenvalue weighted by Crippen LogP contribution is -2.60. The first-order valence-corrected chi connectivity index (χ1v) is 9.74. The summed E-state index contributed by atoms with van der Waals surface area (Å²) in [5, 5.41) is 49.7. The number of methoxy groups -OCH3 is 1. The minimum absolute atomic E-state index is 0.0944. The molecule has 5 N–H and O–H groups in total. The molecular weight excluding hydrogens is 424 g/mol. The van der Waals surface area contributed by atoms with Gasteiger partial charge in [-0.1, -0.05) is 12.1 Å². The summed E-state index contributed by atoms with van der Waals surface area (Å²) in [5.74, 6) is 0.00220. The summed E-state index contributed by atoms with van der Waals surface area (Å²) in [6.45, 7) is -0.627. The number of aliphatic hydroxyl groups excluding tert-OH is 4. The summed E-state index contributed by atoms with van der Waals surface area (Å²) in [6.07, 6.45) is -6.24. The van der Waals surface area contributed by atoms with Gasteiger partial charge in [0.2, 0.25) is 11.7 Å². The van der Waals surface area contributed by atoms with Crippen molar-refractivity contribution in [3.8, 4) is 28.4 Å². The average molecular weight is 446 g/mol. The lowest BCUT2D eigenvalue weighted by molar-refractivity contribution is -0.277. The van der Waals surface area contributed by atoms with E-state index < -0.39 is 43.1 Å². The Hall–Kier alpha value is -3.15. The molecule has 1 aromatic heterocycles. The van der Waals surface area contributed by atoms with Crippen molar-refractivity contribution in [2.75, 3.05) is 13.7 Å². The Labute approximate surface area is 181 Å². The summed E-state index contributed by atoms with van der Waals surface area (Å²) in [7, 11) is 1.53. The van der Waals surface area contributed by atoms with Gasteiger partial charge in [0.05, 0.1) is 24.7 Å². The van der Waals surface area contributed by atoms with E-state index in [1.54, 1.807) is 24.3 Å². The van der Waals surface area contributed by atoms with E-state index >= 15 is 0 Å². The van der Waals surface area contributed by atoms with Gasteiger partial charge < -0.3 is 44.2 Å². The van der Waals surface area contributed by atoms with E-state index in [0.29, 0.717) is 11.3 Å². The van der Waals surface area contributed by atoms with Gasteiger partial charge in [0.1, 0.15) is 42.0 Å². The molecule has 0 spiro atoms. The summed E-state index contributed by atoms with van der Waals surface area (Å²) < 4.78 is 21.4. The van der Waals surface area contributed by atoms with E-state index in [9.17, 15) is 30.3 Å². The number of hydrogen-bond donors (Lipinski definition) is 5. The van der Waals surface area contributed by atoms with Gasteiger partial charge in [0, 0.05) is 6.07 Å². The second kappa shape index (κ2) is 8.77. The summed E-state index contributed by atoms with van der Waals surface area (Å²) >= 11 is 0. The van der Waals surface area contributed by atoms with Crippen LogP contribution in [-0.2, 0) is 4.74 Å². The first-order valence-electron chi connectivity index (χ1n) is 9.74. The molecule has 5 atom stereocenters. The Kier molecular flexibility index (Phi) is 6.04. The van der Waals surface area contributed by atoms with Crippen LogP contribution >= 0.6 is 0 Å². The molecule has 0 unspecified atom stereocenters. The largest absolute Gasteiger partial charge is 0.504 e. The molecule has 32 heavy (non-hydrogen) atoms. The first-order chi connectivity index (χ1) is 15.3. The third-order valence-electron chi connectivity index (χ3n) is 5.35. The standard InChI is InChI=1S/C22H22O10/c1-29-11-4-2-10(3-5-11)13-9-30-15-7-16(14(24)6-12(15)18(13)25)31-22-21(28)20(27)19(26)17(8-23)32-22/h2-7,9,17,19-24,26-28H,8H2,1H3/t17-,19-,20+,21-,22-/m0/s1. The highest BCUT2D eigenvalue weighted by Crippen LogP contribution is 2.34. The second-order valence-corrected chi connectivity index (χ2v) is 7.34. The van der Waals surface area contributed by atoms with Crippen LogP contribution in [0.2, 0.25) is 0 Å². The van der Waals surface area contributed by atoms with Gasteiger partial charge in [-0.3, -0.25) is 4.79 Å². The minimum atomic E-state index is -1.66. The highest BCUT2D eigenvalue weighted by Gasteiger charge is 2.45. The molecule has 0 bridgehead atoms. The van der Waals surface area contributed by atoms with Gasteiger partial charge in [-0.2, -0.15) is 0 Å². The van der Waals surface area contributed by atoms with E-state index in [1.165, 1.54) is 19.4 Å². The van der Waals surface area contributed by atoms with Crippen LogP contribution < -0.4 is 14.9 Å². The molecule has 0 saturated carbocycles. The van der Waals surface area contributed by atoms with Crippen LogP contribution in [0.25, 0.3) is 22.1 Å². The molecular formula is C22H22O10. The molecule has 3 aromatic rings. The number of rotatable bonds is 5. The molecule has 170 valence electrons. The Morgan fingerprint density at radius 1 is 1.03 bits per heavy atom. The van der Waals surface area contributed by atoms with Crippen LogP contribution in [-0.4, -0.2) is 70.0 Å². The minimum Gasteiger partial charge on any atom is -0.504 e. The molecule has 1 saturated heterocycles. The predicted molar refractivity (Wildman–Crippen MR) is 111 cm³/mol. The maximum absolute atomic E-state index is 13.0. The van der Waals surface area contributed by atoms with Crippen molar-refractivity contribution in [1.82, 2.24) is 0 Å². The molecule has 10 nitrogen and oxygen atoms in total. The summed E-state index contributed by atoms with van der Waals surface area (Å²) in [5.41, 5.74) is 0.598. The Balaban J connectivity index is 1.66. The zero-order chi connectivity index (χ0) is 23.0. The quantitative estimate of drug-likeness (QED) is 0.370. The highest BCUT2D eigenvalue weighted by molar-refractivity contribution is 5.84.